The lowest BCUT2D eigenvalue weighted by Crippen LogP contribution is -2.51. The number of carbonyl (C=O) groups is 2. The number of nitrogens with one attached hydrogen (secondary N) is 1. The number of nitrogens with zero attached hydrogens (tertiary/aromatic N) is 2. The van der Waals surface area contributed by atoms with Crippen LogP contribution in [-0.4, -0.2) is 53.0 Å². The van der Waals surface area contributed by atoms with Gasteiger partial charge in [0.1, 0.15) is 5.75 Å². The Balaban J connectivity index is 1.55. The molecule has 2 aromatic rings. The Hall–Kier alpha value is -3.23. The number of rotatable bonds is 2. The number of hydrogen-bond donors (Lipinski definition) is 2. The van der Waals surface area contributed by atoms with E-state index in [4.69, 9.17) is 0 Å². The average Bonchev–Trinajstić information content (AvgIpc) is 2.67. The fraction of sp³-hybridized carbons (Fsp3) is 0.263. The van der Waals surface area contributed by atoms with Crippen LogP contribution in [-0.2, 0) is 6.18 Å². The molecule has 3 rings (SSSR count). The summed E-state index contributed by atoms with van der Waals surface area (Å²) in [6.07, 6.45) is -4.43. The third kappa shape index (κ3) is 4.36. The van der Waals surface area contributed by atoms with Crippen molar-refractivity contribution in [3.63, 3.8) is 0 Å². The van der Waals surface area contributed by atoms with Gasteiger partial charge >= 0.3 is 12.2 Å². The van der Waals surface area contributed by atoms with Crippen LogP contribution in [0.2, 0.25) is 0 Å². The average molecular weight is 393 g/mol. The molecular formula is C19H18F3N3O3. The fourth-order valence-corrected chi connectivity index (χ4v) is 2.88. The molecule has 3 amide bonds. The summed E-state index contributed by atoms with van der Waals surface area (Å²) in [5, 5.41) is 12.3. The number of phenolic OH excluding ortho intramolecular Hbond substituents is 1. The molecule has 1 aliphatic rings. The molecule has 0 aromatic heterocycles. The molecule has 0 aliphatic carbocycles. The summed E-state index contributed by atoms with van der Waals surface area (Å²) < 4.78 is 37.7. The van der Waals surface area contributed by atoms with Gasteiger partial charge in [0.15, 0.2) is 0 Å². The molecule has 1 heterocycles. The Bertz CT molecular complexity index is 861. The lowest BCUT2D eigenvalue weighted by molar-refractivity contribution is -0.137. The Kier molecular flexibility index (Phi) is 5.43. The zero-order chi connectivity index (χ0) is 20.3. The molecule has 0 spiro atoms. The van der Waals surface area contributed by atoms with E-state index in [1.165, 1.54) is 34.1 Å². The van der Waals surface area contributed by atoms with Crippen LogP contribution in [0, 0.1) is 0 Å². The number of piperazine rings is 1. The number of halogens is 3. The maximum Gasteiger partial charge on any atom is 0.416 e. The first-order valence-corrected chi connectivity index (χ1v) is 8.56. The Morgan fingerprint density at radius 2 is 1.46 bits per heavy atom. The van der Waals surface area contributed by atoms with Gasteiger partial charge in [0, 0.05) is 31.9 Å². The van der Waals surface area contributed by atoms with Crippen molar-refractivity contribution in [3.8, 4) is 5.75 Å². The second-order valence-corrected chi connectivity index (χ2v) is 6.30. The van der Waals surface area contributed by atoms with E-state index < -0.39 is 17.8 Å². The molecule has 0 radical (unpaired) electrons. The van der Waals surface area contributed by atoms with Crippen LogP contribution in [0.5, 0.6) is 5.75 Å². The predicted octanol–water partition coefficient (Wildman–Crippen LogP) is 3.40. The Labute approximate surface area is 159 Å². The van der Waals surface area contributed by atoms with Crippen LogP contribution >= 0.6 is 0 Å². The minimum absolute atomic E-state index is 0.102. The number of benzene rings is 2. The van der Waals surface area contributed by atoms with Crippen LogP contribution in [0.4, 0.5) is 23.7 Å². The van der Waals surface area contributed by atoms with E-state index in [1.54, 1.807) is 12.1 Å². The van der Waals surface area contributed by atoms with E-state index in [9.17, 15) is 27.9 Å². The van der Waals surface area contributed by atoms with E-state index in [0.29, 0.717) is 0 Å². The lowest BCUT2D eigenvalue weighted by atomic mass is 10.1. The van der Waals surface area contributed by atoms with Gasteiger partial charge < -0.3 is 20.2 Å². The van der Waals surface area contributed by atoms with Gasteiger partial charge in [0.25, 0.3) is 5.91 Å². The molecule has 0 atom stereocenters. The fourth-order valence-electron chi connectivity index (χ4n) is 2.88. The summed E-state index contributed by atoms with van der Waals surface area (Å²) in [6, 6.07) is 9.97. The quantitative estimate of drug-likeness (QED) is 0.822. The second kappa shape index (κ2) is 7.79. The molecule has 6 nitrogen and oxygen atoms in total. The van der Waals surface area contributed by atoms with Gasteiger partial charge in [-0.25, -0.2) is 4.79 Å². The van der Waals surface area contributed by atoms with E-state index in [1.807, 2.05) is 0 Å². The third-order valence-electron chi connectivity index (χ3n) is 4.45. The molecule has 0 bridgehead atoms. The molecule has 0 unspecified atom stereocenters. The highest BCUT2D eigenvalue weighted by Gasteiger charge is 2.30. The summed E-state index contributed by atoms with van der Waals surface area (Å²) >= 11 is 0. The minimum Gasteiger partial charge on any atom is -0.507 e. The molecule has 2 aromatic carbocycles. The van der Waals surface area contributed by atoms with Gasteiger partial charge in [0.2, 0.25) is 0 Å². The van der Waals surface area contributed by atoms with Crippen molar-refractivity contribution in [3.05, 3.63) is 59.7 Å². The van der Waals surface area contributed by atoms with Gasteiger partial charge in [-0.15, -0.1) is 0 Å². The first-order chi connectivity index (χ1) is 13.3. The van der Waals surface area contributed by atoms with Crippen LogP contribution in [0.1, 0.15) is 15.9 Å². The first kappa shape index (κ1) is 19.5. The van der Waals surface area contributed by atoms with Crippen molar-refractivity contribution in [2.45, 2.75) is 6.18 Å². The molecule has 28 heavy (non-hydrogen) atoms. The molecule has 2 N–H and O–H groups in total. The van der Waals surface area contributed by atoms with Crippen LogP contribution in [0.3, 0.4) is 0 Å². The van der Waals surface area contributed by atoms with E-state index in [-0.39, 0.29) is 49.1 Å². The van der Waals surface area contributed by atoms with Crippen LogP contribution in [0.15, 0.2) is 48.5 Å². The van der Waals surface area contributed by atoms with Gasteiger partial charge in [-0.3, -0.25) is 4.79 Å². The van der Waals surface area contributed by atoms with Crippen molar-refractivity contribution in [2.24, 2.45) is 0 Å². The SMILES string of the molecule is O=C(Nc1ccc(C(F)(F)F)cc1)N1CCN(C(=O)c2ccccc2O)CC1. The van der Waals surface area contributed by atoms with Gasteiger partial charge in [-0.2, -0.15) is 13.2 Å². The van der Waals surface area contributed by atoms with E-state index in [0.717, 1.165) is 12.1 Å². The van der Waals surface area contributed by atoms with Crippen LogP contribution < -0.4 is 5.32 Å². The van der Waals surface area contributed by atoms with Crippen molar-refractivity contribution < 1.29 is 27.9 Å². The number of carbonyl (C=O) groups excluding carboxylic acids is 2. The van der Waals surface area contributed by atoms with E-state index in [2.05, 4.69) is 5.32 Å². The van der Waals surface area contributed by atoms with Crippen molar-refractivity contribution in [2.75, 3.05) is 31.5 Å². The topological polar surface area (TPSA) is 72.9 Å². The number of aromatic hydroxyl groups is 1. The van der Waals surface area contributed by atoms with E-state index >= 15 is 0 Å². The molecule has 1 fully saturated rings. The van der Waals surface area contributed by atoms with Crippen LogP contribution in [0.25, 0.3) is 0 Å². The van der Waals surface area contributed by atoms with Crippen molar-refractivity contribution in [1.82, 2.24) is 9.80 Å². The Morgan fingerprint density at radius 3 is 2.04 bits per heavy atom. The number of anilines is 1. The number of amides is 3. The molecule has 1 aliphatic heterocycles. The molecule has 1 saturated heterocycles. The summed E-state index contributed by atoms with van der Waals surface area (Å²) in [7, 11) is 0. The number of urea groups is 1. The highest BCUT2D eigenvalue weighted by Crippen LogP contribution is 2.29. The van der Waals surface area contributed by atoms with Crippen molar-refractivity contribution in [1.29, 1.82) is 0 Å². The third-order valence-corrected chi connectivity index (χ3v) is 4.45. The molecule has 0 saturated carbocycles. The zero-order valence-electron chi connectivity index (χ0n) is 14.7. The number of para-hydroxylation sites is 1. The minimum atomic E-state index is -4.43. The predicted molar refractivity (Wildman–Crippen MR) is 96.0 cm³/mol. The highest BCUT2D eigenvalue weighted by molar-refractivity contribution is 5.97. The van der Waals surface area contributed by atoms with Gasteiger partial charge in [-0.1, -0.05) is 12.1 Å². The largest absolute Gasteiger partial charge is 0.507 e. The number of hydrogen-bond acceptors (Lipinski definition) is 3. The lowest BCUT2D eigenvalue weighted by Gasteiger charge is -2.34. The second-order valence-electron chi connectivity index (χ2n) is 6.30. The standard InChI is InChI=1S/C19H18F3N3O3/c20-19(21,22)13-5-7-14(8-6-13)23-18(28)25-11-9-24(10-12-25)17(27)15-3-1-2-4-16(15)26/h1-8,26H,9-12H2,(H,23,28). The zero-order valence-corrected chi connectivity index (χ0v) is 14.7. The summed E-state index contributed by atoms with van der Waals surface area (Å²) in [6.45, 7) is 1.11. The van der Waals surface area contributed by atoms with Crippen molar-refractivity contribution >= 4 is 17.6 Å². The number of phenols is 1. The van der Waals surface area contributed by atoms with Gasteiger partial charge in [0.05, 0.1) is 11.1 Å². The first-order valence-electron chi connectivity index (χ1n) is 8.56. The molecular weight excluding hydrogens is 375 g/mol. The van der Waals surface area contributed by atoms with Gasteiger partial charge in [-0.05, 0) is 36.4 Å². The molecule has 148 valence electrons. The smallest absolute Gasteiger partial charge is 0.416 e. The maximum atomic E-state index is 12.6. The normalized spacial score (nSPS) is 14.7. The summed E-state index contributed by atoms with van der Waals surface area (Å²) in [5.41, 5.74) is -0.335. The summed E-state index contributed by atoms with van der Waals surface area (Å²) in [5.74, 6) is -0.420. The monoisotopic (exact) mass is 393 g/mol. The number of alkyl halides is 3. The molecule has 9 heteroatoms. The maximum absolute atomic E-state index is 12.6. The Morgan fingerprint density at radius 1 is 0.893 bits per heavy atom. The highest BCUT2D eigenvalue weighted by atomic mass is 19.4. The summed E-state index contributed by atoms with van der Waals surface area (Å²) in [4.78, 5) is 27.8.